The zero-order valence-corrected chi connectivity index (χ0v) is 21.5. The number of carbonyl (C=O) groups excluding carboxylic acids is 2. The number of piperazine rings is 1. The maximum absolute atomic E-state index is 12.4. The molecule has 1 unspecified atom stereocenters. The van der Waals surface area contributed by atoms with Gasteiger partial charge in [0.15, 0.2) is 0 Å². The highest BCUT2D eigenvalue weighted by molar-refractivity contribution is 6.30. The highest BCUT2D eigenvalue weighted by atomic mass is 35.5. The second-order valence-electron chi connectivity index (χ2n) is 8.63. The summed E-state index contributed by atoms with van der Waals surface area (Å²) in [5.41, 5.74) is 0.684. The second kappa shape index (κ2) is 12.6. The monoisotopic (exact) mass is 511 g/mol. The van der Waals surface area contributed by atoms with E-state index in [1.165, 1.54) is 0 Å². The Kier molecular flexibility index (Phi) is 9.88. The highest BCUT2D eigenvalue weighted by Gasteiger charge is 2.39. The average molecular weight is 512 g/mol. The summed E-state index contributed by atoms with van der Waals surface area (Å²) < 4.78 is 21.0. The molecule has 2 saturated heterocycles. The minimum atomic E-state index is -1.62. The highest BCUT2D eigenvalue weighted by Crippen LogP contribution is 2.26. The molecule has 2 heterocycles. The first-order chi connectivity index (χ1) is 16.8. The lowest BCUT2D eigenvalue weighted by Gasteiger charge is -2.45. The molecule has 0 aromatic heterocycles. The molecule has 10 nitrogen and oxygen atoms in total. The fourth-order valence-corrected chi connectivity index (χ4v) is 4.23. The number of carbonyl (C=O) groups is 2. The lowest BCUT2D eigenvalue weighted by Crippen LogP contribution is -2.59. The van der Waals surface area contributed by atoms with Crippen molar-refractivity contribution in [2.24, 2.45) is 5.16 Å². The van der Waals surface area contributed by atoms with Gasteiger partial charge in [0.1, 0.15) is 18.7 Å². The van der Waals surface area contributed by atoms with E-state index in [4.69, 9.17) is 35.4 Å². The van der Waals surface area contributed by atoms with Crippen LogP contribution in [0.15, 0.2) is 29.4 Å². The molecule has 1 atom stereocenters. The first-order valence-electron chi connectivity index (χ1n) is 11.8. The molecule has 0 aliphatic carbocycles. The van der Waals surface area contributed by atoms with Gasteiger partial charge in [-0.15, -0.1) is 0 Å². The fraction of sp³-hybridized carbons (Fsp3) is 0.625. The average Bonchev–Trinajstić information content (AvgIpc) is 3.38. The maximum atomic E-state index is 12.4. The quantitative estimate of drug-likeness (QED) is 0.203. The molecule has 0 amide bonds. The molecule has 0 spiro atoms. The molecule has 35 heavy (non-hydrogen) atoms. The van der Waals surface area contributed by atoms with Crippen molar-refractivity contribution in [2.45, 2.75) is 45.6 Å². The van der Waals surface area contributed by atoms with Crippen molar-refractivity contribution in [1.82, 2.24) is 9.80 Å². The van der Waals surface area contributed by atoms with Gasteiger partial charge in [0.05, 0.1) is 25.4 Å². The van der Waals surface area contributed by atoms with Gasteiger partial charge in [-0.1, -0.05) is 28.9 Å². The number of hydrogen-bond acceptors (Lipinski definition) is 10. The molecule has 3 rings (SSSR count). The Morgan fingerprint density at radius 3 is 2.20 bits per heavy atom. The predicted octanol–water partition coefficient (Wildman–Crippen LogP) is 2.28. The Bertz CT molecular complexity index is 862. The van der Waals surface area contributed by atoms with Crippen molar-refractivity contribution in [3.05, 3.63) is 34.9 Å². The summed E-state index contributed by atoms with van der Waals surface area (Å²) in [5.74, 6) is -1.70. The van der Waals surface area contributed by atoms with E-state index < -0.39 is 23.6 Å². The van der Waals surface area contributed by atoms with E-state index in [1.807, 2.05) is 26.0 Å². The van der Waals surface area contributed by atoms with Crippen LogP contribution in [0.25, 0.3) is 0 Å². The summed E-state index contributed by atoms with van der Waals surface area (Å²) >= 11 is 6.11. The summed E-state index contributed by atoms with van der Waals surface area (Å²) in [6.07, 6.45) is -1.65. The van der Waals surface area contributed by atoms with Crippen LogP contribution in [0, 0.1) is 0 Å². The van der Waals surface area contributed by atoms with Crippen LogP contribution in [0.1, 0.15) is 33.3 Å². The first-order valence-corrected chi connectivity index (χ1v) is 12.2. The van der Waals surface area contributed by atoms with Crippen LogP contribution in [0.2, 0.25) is 5.02 Å². The molecule has 1 aromatic carbocycles. The van der Waals surface area contributed by atoms with Gasteiger partial charge in [-0.2, -0.15) is 0 Å². The van der Waals surface area contributed by atoms with Gasteiger partial charge in [0.25, 0.3) is 0 Å². The Labute approximate surface area is 211 Å². The number of halogens is 1. The largest absolute Gasteiger partial charge is 0.463 e. The van der Waals surface area contributed by atoms with Crippen molar-refractivity contribution in [3.8, 4) is 0 Å². The molecule has 0 bridgehead atoms. The SMILES string of the molecule is CCOC(=O)C(ON=C(c1ccc(Cl)cc1)C(C)(C)N1CCN(C2COCO2)CC1)C(=O)OCC. The number of nitrogens with zero attached hydrogens (tertiary/aromatic N) is 3. The molecule has 2 aliphatic heterocycles. The summed E-state index contributed by atoms with van der Waals surface area (Å²) in [4.78, 5) is 34.9. The van der Waals surface area contributed by atoms with Crippen molar-refractivity contribution in [1.29, 1.82) is 0 Å². The van der Waals surface area contributed by atoms with Crippen LogP contribution < -0.4 is 0 Å². The van der Waals surface area contributed by atoms with Crippen LogP contribution in [-0.4, -0.2) is 98.1 Å². The Morgan fingerprint density at radius 1 is 1.09 bits per heavy atom. The summed E-state index contributed by atoms with van der Waals surface area (Å²) in [6, 6.07) is 7.17. The number of ether oxygens (including phenoxy) is 4. The van der Waals surface area contributed by atoms with Crippen LogP contribution in [0.5, 0.6) is 0 Å². The molecule has 0 saturated carbocycles. The Morgan fingerprint density at radius 2 is 1.69 bits per heavy atom. The van der Waals surface area contributed by atoms with Gasteiger partial charge in [-0.25, -0.2) is 9.59 Å². The van der Waals surface area contributed by atoms with Crippen LogP contribution in [0.3, 0.4) is 0 Å². The molecule has 194 valence electrons. The predicted molar refractivity (Wildman–Crippen MR) is 129 cm³/mol. The lowest BCUT2D eigenvalue weighted by molar-refractivity contribution is -0.173. The zero-order chi connectivity index (χ0) is 25.4. The normalized spacial score (nSPS) is 20.2. The fourth-order valence-electron chi connectivity index (χ4n) is 4.10. The van der Waals surface area contributed by atoms with Crippen molar-refractivity contribution >= 4 is 29.3 Å². The minimum absolute atomic E-state index is 0.0251. The van der Waals surface area contributed by atoms with E-state index in [1.54, 1.807) is 26.0 Å². The van der Waals surface area contributed by atoms with E-state index in [0.29, 0.717) is 24.1 Å². The molecule has 2 fully saturated rings. The third kappa shape index (κ3) is 6.92. The van der Waals surface area contributed by atoms with Gasteiger partial charge in [0.2, 0.25) is 0 Å². The van der Waals surface area contributed by atoms with E-state index >= 15 is 0 Å². The van der Waals surface area contributed by atoms with Crippen LogP contribution in [-0.2, 0) is 33.4 Å². The Balaban J connectivity index is 1.85. The van der Waals surface area contributed by atoms with Crippen molar-refractivity contribution in [3.63, 3.8) is 0 Å². The third-order valence-electron chi connectivity index (χ3n) is 6.06. The molecule has 0 radical (unpaired) electrons. The number of hydrogen-bond donors (Lipinski definition) is 0. The van der Waals surface area contributed by atoms with Crippen LogP contribution in [0.4, 0.5) is 0 Å². The van der Waals surface area contributed by atoms with E-state index in [9.17, 15) is 9.59 Å². The van der Waals surface area contributed by atoms with Crippen molar-refractivity contribution < 1.29 is 33.4 Å². The molecule has 11 heteroatoms. The first kappa shape index (κ1) is 27.3. The van der Waals surface area contributed by atoms with Crippen molar-refractivity contribution in [2.75, 3.05) is 52.8 Å². The standard InChI is InChI=1S/C24H34ClN3O7/c1-5-32-22(29)20(23(30)33-6-2)35-26-21(17-7-9-18(25)10-8-17)24(3,4)28-13-11-27(12-14-28)19-15-31-16-34-19/h7-10,19-20H,5-6,11-16H2,1-4H3. The molecule has 1 aromatic rings. The molecule has 0 N–H and O–H groups in total. The lowest BCUT2D eigenvalue weighted by atomic mass is 9.89. The number of esters is 2. The number of benzene rings is 1. The van der Waals surface area contributed by atoms with Gasteiger partial charge in [-0.3, -0.25) is 9.80 Å². The molecule has 2 aliphatic rings. The Hall–Kier alpha value is -2.24. The smallest absolute Gasteiger partial charge is 0.362 e. The topological polar surface area (TPSA) is 99.1 Å². The molecular weight excluding hydrogens is 478 g/mol. The van der Waals surface area contributed by atoms with Gasteiger partial charge in [0, 0.05) is 36.8 Å². The van der Waals surface area contributed by atoms with Gasteiger partial charge in [-0.05, 0) is 39.8 Å². The molecular formula is C24H34ClN3O7. The zero-order valence-electron chi connectivity index (χ0n) is 20.7. The summed E-state index contributed by atoms with van der Waals surface area (Å²) in [7, 11) is 0. The number of oxime groups is 1. The maximum Gasteiger partial charge on any atom is 0.362 e. The van der Waals surface area contributed by atoms with E-state index in [-0.39, 0.29) is 19.4 Å². The van der Waals surface area contributed by atoms with Gasteiger partial charge < -0.3 is 23.8 Å². The van der Waals surface area contributed by atoms with E-state index in [0.717, 1.165) is 31.7 Å². The summed E-state index contributed by atoms with van der Waals surface area (Å²) in [6.45, 7) is 11.5. The third-order valence-corrected chi connectivity index (χ3v) is 6.32. The van der Waals surface area contributed by atoms with Crippen LogP contribution >= 0.6 is 11.6 Å². The summed E-state index contributed by atoms with van der Waals surface area (Å²) in [5, 5.41) is 4.92. The second-order valence-corrected chi connectivity index (χ2v) is 9.06. The minimum Gasteiger partial charge on any atom is -0.463 e. The number of rotatable bonds is 10. The van der Waals surface area contributed by atoms with E-state index in [2.05, 4.69) is 15.0 Å². The van der Waals surface area contributed by atoms with Gasteiger partial charge >= 0.3 is 18.0 Å².